The lowest BCUT2D eigenvalue weighted by Crippen LogP contribution is -2.31. The highest BCUT2D eigenvalue weighted by atomic mass is 32.2. The number of hydrogen-bond acceptors (Lipinski definition) is 6. The zero-order valence-electron chi connectivity index (χ0n) is 14.1. The lowest BCUT2D eigenvalue weighted by molar-refractivity contribution is -0.119. The number of sulfone groups is 1. The molecule has 1 atom stereocenters. The first-order valence-electron chi connectivity index (χ1n) is 7.46. The molecular weight excluding hydrogens is 362 g/mol. The van der Waals surface area contributed by atoms with Crippen LogP contribution in [0.5, 0.6) is 0 Å². The predicted molar refractivity (Wildman–Crippen MR) is 98.0 cm³/mol. The number of carbonyl (C=O) groups is 2. The van der Waals surface area contributed by atoms with Crippen LogP contribution in [0.25, 0.3) is 11.3 Å². The zero-order chi connectivity index (χ0) is 18.6. The molecular formula is C16H19N3O4S2. The molecule has 25 heavy (non-hydrogen) atoms. The third-order valence-corrected chi connectivity index (χ3v) is 5.79. The number of benzene rings is 1. The summed E-state index contributed by atoms with van der Waals surface area (Å²) in [5.41, 5.74) is 2.50. The Kier molecular flexibility index (Phi) is 5.91. The van der Waals surface area contributed by atoms with Crippen LogP contribution in [0, 0.1) is 0 Å². The number of nitrogens with zero attached hydrogens (tertiary/aromatic N) is 1. The molecule has 134 valence electrons. The Hall–Kier alpha value is -2.26. The number of carbonyl (C=O) groups excluding carboxylic acids is 2. The molecule has 0 radical (unpaired) electrons. The molecule has 2 aromatic rings. The Bertz CT molecular complexity index is 873. The molecule has 0 spiro atoms. The summed E-state index contributed by atoms with van der Waals surface area (Å²) in [5.74, 6) is -0.693. The zero-order valence-corrected chi connectivity index (χ0v) is 15.7. The molecule has 0 fully saturated rings. The van der Waals surface area contributed by atoms with Gasteiger partial charge in [0.1, 0.15) is 5.25 Å². The number of nitrogens with one attached hydrogen (secondary N) is 2. The van der Waals surface area contributed by atoms with Crippen LogP contribution in [-0.2, 0) is 26.0 Å². The highest BCUT2D eigenvalue weighted by molar-refractivity contribution is 7.92. The minimum absolute atomic E-state index is 0.0905. The van der Waals surface area contributed by atoms with E-state index in [0.717, 1.165) is 17.4 Å². The summed E-state index contributed by atoms with van der Waals surface area (Å²) in [4.78, 5) is 27.1. The van der Waals surface area contributed by atoms with E-state index in [1.807, 2.05) is 24.3 Å². The minimum Gasteiger partial charge on any atom is -0.352 e. The van der Waals surface area contributed by atoms with E-state index in [1.54, 1.807) is 5.38 Å². The molecule has 0 bridgehead atoms. The van der Waals surface area contributed by atoms with Crippen molar-refractivity contribution in [1.29, 1.82) is 0 Å². The lowest BCUT2D eigenvalue weighted by atomic mass is 10.1. The first kappa shape index (κ1) is 19.1. The fourth-order valence-electron chi connectivity index (χ4n) is 1.89. The van der Waals surface area contributed by atoms with Gasteiger partial charge in [-0.25, -0.2) is 13.4 Å². The Balaban J connectivity index is 2.06. The van der Waals surface area contributed by atoms with E-state index in [1.165, 1.54) is 25.2 Å². The highest BCUT2D eigenvalue weighted by Crippen LogP contribution is 2.25. The van der Waals surface area contributed by atoms with E-state index >= 15 is 0 Å². The second-order valence-electron chi connectivity index (χ2n) is 5.61. The Morgan fingerprint density at radius 2 is 1.88 bits per heavy atom. The minimum atomic E-state index is -3.45. The smallest absolute Gasteiger partial charge is 0.244 e. The molecule has 2 rings (SSSR count). The fraction of sp³-hybridized carbons (Fsp3) is 0.312. The number of thiazole rings is 1. The third kappa shape index (κ3) is 5.36. The maximum atomic E-state index is 11.9. The maximum absolute atomic E-state index is 11.9. The summed E-state index contributed by atoms with van der Waals surface area (Å²) in [6.45, 7) is 3.26. The number of anilines is 1. The van der Waals surface area contributed by atoms with Gasteiger partial charge in [-0.2, -0.15) is 0 Å². The third-order valence-electron chi connectivity index (χ3n) is 3.54. The van der Waals surface area contributed by atoms with Gasteiger partial charge in [0.15, 0.2) is 15.0 Å². The second-order valence-corrected chi connectivity index (χ2v) is 8.83. The quantitative estimate of drug-likeness (QED) is 0.794. The predicted octanol–water partition coefficient (Wildman–Crippen LogP) is 1.82. The van der Waals surface area contributed by atoms with Crippen molar-refractivity contribution in [3.63, 3.8) is 0 Å². The summed E-state index contributed by atoms with van der Waals surface area (Å²) < 4.78 is 22.8. The molecule has 1 unspecified atom stereocenters. The van der Waals surface area contributed by atoms with E-state index in [4.69, 9.17) is 0 Å². The van der Waals surface area contributed by atoms with Gasteiger partial charge in [-0.1, -0.05) is 24.3 Å². The van der Waals surface area contributed by atoms with Crippen molar-refractivity contribution < 1.29 is 18.0 Å². The van der Waals surface area contributed by atoms with Gasteiger partial charge in [0.2, 0.25) is 11.8 Å². The van der Waals surface area contributed by atoms with Crippen LogP contribution < -0.4 is 10.6 Å². The van der Waals surface area contributed by atoms with Gasteiger partial charge in [0, 0.05) is 30.7 Å². The normalized spacial score (nSPS) is 12.4. The summed E-state index contributed by atoms with van der Waals surface area (Å²) in [6, 6.07) is 7.51. The number of aromatic nitrogens is 1. The molecule has 0 aliphatic carbocycles. The van der Waals surface area contributed by atoms with Crippen molar-refractivity contribution in [2.45, 2.75) is 25.6 Å². The Morgan fingerprint density at radius 1 is 1.24 bits per heavy atom. The van der Waals surface area contributed by atoms with Gasteiger partial charge < -0.3 is 10.6 Å². The summed E-state index contributed by atoms with van der Waals surface area (Å²) in [7, 11) is -3.45. The van der Waals surface area contributed by atoms with Crippen LogP contribution in [-0.4, -0.2) is 36.7 Å². The number of amides is 2. The highest BCUT2D eigenvalue weighted by Gasteiger charge is 2.24. The molecule has 0 saturated carbocycles. The number of rotatable bonds is 6. The van der Waals surface area contributed by atoms with Crippen LogP contribution in [0.15, 0.2) is 29.6 Å². The molecule has 0 aliphatic rings. The molecule has 0 saturated heterocycles. The van der Waals surface area contributed by atoms with Gasteiger partial charge in [0.05, 0.1) is 5.69 Å². The van der Waals surface area contributed by atoms with E-state index in [2.05, 4.69) is 15.6 Å². The van der Waals surface area contributed by atoms with Crippen LogP contribution >= 0.6 is 11.3 Å². The van der Waals surface area contributed by atoms with Crippen molar-refractivity contribution in [2.75, 3.05) is 11.6 Å². The summed E-state index contributed by atoms with van der Waals surface area (Å²) in [6.07, 6.45) is 1.02. The van der Waals surface area contributed by atoms with Crippen LogP contribution in [0.3, 0.4) is 0 Å². The maximum Gasteiger partial charge on any atom is 0.244 e. The molecule has 0 aliphatic heterocycles. The second kappa shape index (κ2) is 7.75. The Morgan fingerprint density at radius 3 is 2.44 bits per heavy atom. The lowest BCUT2D eigenvalue weighted by Gasteiger charge is -2.07. The van der Waals surface area contributed by atoms with E-state index < -0.39 is 21.0 Å². The molecule has 9 heteroatoms. The molecule has 7 nitrogen and oxygen atoms in total. The van der Waals surface area contributed by atoms with Crippen molar-refractivity contribution >= 4 is 38.1 Å². The first-order chi connectivity index (χ1) is 11.7. The first-order valence-corrected chi connectivity index (χ1v) is 10.3. The van der Waals surface area contributed by atoms with Gasteiger partial charge >= 0.3 is 0 Å². The summed E-state index contributed by atoms with van der Waals surface area (Å²) >= 11 is 1.22. The standard InChI is InChI=1S/C16H19N3O4S2/c1-10(25(3,22)23)15(21)19-16-18-14(9-24-16)13-6-4-12(5-7-13)8-17-11(2)20/h4-7,9-10H,8H2,1-3H3,(H,17,20)(H,18,19,21). The summed E-state index contributed by atoms with van der Waals surface area (Å²) in [5, 5.41) is 6.24. The van der Waals surface area contributed by atoms with Crippen molar-refractivity contribution in [2.24, 2.45) is 0 Å². The van der Waals surface area contributed by atoms with E-state index in [9.17, 15) is 18.0 Å². The largest absolute Gasteiger partial charge is 0.352 e. The molecule has 1 aromatic carbocycles. The number of hydrogen-bond donors (Lipinski definition) is 2. The SMILES string of the molecule is CC(=O)NCc1ccc(-c2csc(NC(=O)C(C)S(C)(=O)=O)n2)cc1. The van der Waals surface area contributed by atoms with Crippen LogP contribution in [0.2, 0.25) is 0 Å². The van der Waals surface area contributed by atoms with Gasteiger partial charge in [-0.15, -0.1) is 11.3 Å². The van der Waals surface area contributed by atoms with Crippen molar-refractivity contribution in [3.05, 3.63) is 35.2 Å². The average Bonchev–Trinajstić information content (AvgIpc) is 3.00. The van der Waals surface area contributed by atoms with E-state index in [0.29, 0.717) is 17.4 Å². The molecule has 2 N–H and O–H groups in total. The van der Waals surface area contributed by atoms with Crippen molar-refractivity contribution in [1.82, 2.24) is 10.3 Å². The van der Waals surface area contributed by atoms with Gasteiger partial charge in [-0.05, 0) is 12.5 Å². The van der Waals surface area contributed by atoms with Crippen molar-refractivity contribution in [3.8, 4) is 11.3 Å². The van der Waals surface area contributed by atoms with Gasteiger partial charge in [0.25, 0.3) is 0 Å². The topological polar surface area (TPSA) is 105 Å². The molecule has 1 heterocycles. The molecule has 1 aromatic heterocycles. The van der Waals surface area contributed by atoms with E-state index in [-0.39, 0.29) is 5.91 Å². The van der Waals surface area contributed by atoms with Crippen LogP contribution in [0.4, 0.5) is 5.13 Å². The Labute approximate surface area is 150 Å². The fourth-order valence-corrected chi connectivity index (χ4v) is 3.06. The van der Waals surface area contributed by atoms with Crippen LogP contribution in [0.1, 0.15) is 19.4 Å². The van der Waals surface area contributed by atoms with Gasteiger partial charge in [-0.3, -0.25) is 9.59 Å². The average molecular weight is 381 g/mol. The molecule has 2 amide bonds. The monoisotopic (exact) mass is 381 g/mol.